The molecule has 0 amide bonds. The van der Waals surface area contributed by atoms with Crippen LogP contribution in [0, 0.1) is 10.1 Å². The predicted molar refractivity (Wildman–Crippen MR) is 79.8 cm³/mol. The number of hydrogen-bond donors (Lipinski definition) is 0. The number of rotatable bonds is 7. The van der Waals surface area contributed by atoms with E-state index in [1.54, 1.807) is 13.8 Å². The highest BCUT2D eigenvalue weighted by Gasteiger charge is 2.21. The summed E-state index contributed by atoms with van der Waals surface area (Å²) in [6.45, 7) is 4.04. The molecule has 116 valence electrons. The molecular weight excluding hydrogens is 299 g/mol. The van der Waals surface area contributed by atoms with Crippen LogP contribution >= 0.6 is 0 Å². The van der Waals surface area contributed by atoms with Crippen LogP contribution in [0.3, 0.4) is 0 Å². The number of nitrogens with zero attached hydrogens (tertiary/aromatic N) is 2. The number of nitro groups is 1. The molecule has 1 unspecified atom stereocenters. The van der Waals surface area contributed by atoms with Crippen molar-refractivity contribution in [2.75, 3.05) is 6.86 Å². The molecule has 2 atom stereocenters. The lowest BCUT2D eigenvalue weighted by Gasteiger charge is -2.10. The maximum Gasteiger partial charge on any atom is 0.311 e. The SMILES string of the molecule is CC[C@@H](C)S(=O)N=C(C)c1cccc([N+](=O)[O-])c1OCF. The normalized spacial score (nSPS) is 14.6. The van der Waals surface area contributed by atoms with Crippen LogP contribution in [-0.4, -0.2) is 27.0 Å². The van der Waals surface area contributed by atoms with Crippen molar-refractivity contribution in [3.05, 3.63) is 33.9 Å². The largest absolute Gasteiger partial charge is 0.455 e. The van der Waals surface area contributed by atoms with Crippen LogP contribution in [0.2, 0.25) is 0 Å². The summed E-state index contributed by atoms with van der Waals surface area (Å²) in [7, 11) is -1.46. The average Bonchev–Trinajstić information content (AvgIpc) is 2.46. The quantitative estimate of drug-likeness (QED) is 0.439. The first-order chi connectivity index (χ1) is 9.92. The molecule has 1 rings (SSSR count). The van der Waals surface area contributed by atoms with E-state index in [0.717, 1.165) is 0 Å². The second kappa shape index (κ2) is 7.82. The standard InChI is InChI=1S/C13H17FN2O4S/c1-4-9(2)21(19)15-10(3)11-6-5-7-12(16(17)18)13(11)20-8-14/h5-7,9H,4,8H2,1-3H3/t9-,21?/m1/s1. The van der Waals surface area contributed by atoms with E-state index >= 15 is 0 Å². The third-order valence-corrected chi connectivity index (χ3v) is 4.40. The van der Waals surface area contributed by atoms with Gasteiger partial charge in [-0.2, -0.15) is 4.40 Å². The Labute approximate surface area is 124 Å². The summed E-state index contributed by atoms with van der Waals surface area (Å²) >= 11 is 0. The number of halogens is 1. The van der Waals surface area contributed by atoms with Gasteiger partial charge in [-0.05, 0) is 26.3 Å². The van der Waals surface area contributed by atoms with E-state index < -0.39 is 22.8 Å². The van der Waals surface area contributed by atoms with E-state index in [-0.39, 0.29) is 22.3 Å². The van der Waals surface area contributed by atoms with E-state index in [4.69, 9.17) is 4.74 Å². The molecule has 0 saturated heterocycles. The monoisotopic (exact) mass is 316 g/mol. The minimum atomic E-state index is -1.46. The Balaban J connectivity index is 3.29. The molecule has 1 aromatic rings. The zero-order chi connectivity index (χ0) is 16.0. The lowest BCUT2D eigenvalue weighted by molar-refractivity contribution is -0.386. The van der Waals surface area contributed by atoms with Crippen molar-refractivity contribution in [2.45, 2.75) is 32.4 Å². The summed E-state index contributed by atoms with van der Waals surface area (Å²) in [5, 5.41) is 10.8. The first kappa shape index (κ1) is 17.2. The van der Waals surface area contributed by atoms with Crippen molar-refractivity contribution in [3.63, 3.8) is 0 Å². The van der Waals surface area contributed by atoms with Gasteiger partial charge in [-0.15, -0.1) is 0 Å². The maximum atomic E-state index is 12.5. The minimum Gasteiger partial charge on any atom is -0.455 e. The van der Waals surface area contributed by atoms with E-state index in [1.165, 1.54) is 18.2 Å². The van der Waals surface area contributed by atoms with Gasteiger partial charge in [-0.3, -0.25) is 10.1 Å². The number of hydrogen-bond acceptors (Lipinski definition) is 4. The Morgan fingerprint density at radius 1 is 1.57 bits per heavy atom. The molecule has 0 aromatic heterocycles. The fraction of sp³-hybridized carbons (Fsp3) is 0.462. The van der Waals surface area contributed by atoms with Crippen LogP contribution < -0.4 is 4.74 Å². The predicted octanol–water partition coefficient (Wildman–Crippen LogP) is 3.17. The van der Waals surface area contributed by atoms with Crippen LogP contribution in [0.1, 0.15) is 32.8 Å². The molecule has 6 nitrogen and oxygen atoms in total. The van der Waals surface area contributed by atoms with Crippen LogP contribution in [0.4, 0.5) is 10.1 Å². The molecule has 0 saturated carbocycles. The van der Waals surface area contributed by atoms with Gasteiger partial charge in [0, 0.05) is 11.6 Å². The molecule has 0 N–H and O–H groups in total. The summed E-state index contributed by atoms with van der Waals surface area (Å²) in [6.07, 6.45) is 0.687. The van der Waals surface area contributed by atoms with E-state index in [9.17, 15) is 18.7 Å². The zero-order valence-electron chi connectivity index (χ0n) is 12.0. The van der Waals surface area contributed by atoms with Crippen molar-refractivity contribution in [1.29, 1.82) is 0 Å². The Kier molecular flexibility index (Phi) is 6.41. The Morgan fingerprint density at radius 3 is 2.76 bits per heavy atom. The number of alkyl halides is 1. The number of ether oxygens (including phenoxy) is 1. The van der Waals surface area contributed by atoms with Crippen LogP contribution in [0.25, 0.3) is 0 Å². The second-order valence-electron chi connectivity index (χ2n) is 4.34. The summed E-state index contributed by atoms with van der Waals surface area (Å²) in [4.78, 5) is 10.3. The second-order valence-corrected chi connectivity index (χ2v) is 5.88. The maximum absolute atomic E-state index is 12.5. The molecule has 0 aliphatic carbocycles. The molecule has 0 aliphatic heterocycles. The van der Waals surface area contributed by atoms with Gasteiger partial charge in [-0.1, -0.05) is 13.0 Å². The van der Waals surface area contributed by atoms with Crippen molar-refractivity contribution >= 4 is 22.4 Å². The van der Waals surface area contributed by atoms with Gasteiger partial charge < -0.3 is 4.74 Å². The highest BCUT2D eigenvalue weighted by Crippen LogP contribution is 2.31. The van der Waals surface area contributed by atoms with Crippen LogP contribution in [-0.2, 0) is 11.0 Å². The van der Waals surface area contributed by atoms with Crippen LogP contribution in [0.5, 0.6) is 5.75 Å². The van der Waals surface area contributed by atoms with Gasteiger partial charge >= 0.3 is 5.69 Å². The van der Waals surface area contributed by atoms with Crippen molar-refractivity contribution in [2.24, 2.45) is 4.40 Å². The van der Waals surface area contributed by atoms with Gasteiger partial charge in [0.05, 0.1) is 15.9 Å². The molecule has 0 spiro atoms. The van der Waals surface area contributed by atoms with Gasteiger partial charge in [0.1, 0.15) is 11.0 Å². The highest BCUT2D eigenvalue weighted by atomic mass is 32.2. The molecule has 0 radical (unpaired) electrons. The topological polar surface area (TPSA) is 81.8 Å². The van der Waals surface area contributed by atoms with Gasteiger partial charge in [-0.25, -0.2) is 8.60 Å². The minimum absolute atomic E-state index is 0.135. The molecule has 21 heavy (non-hydrogen) atoms. The first-order valence-electron chi connectivity index (χ1n) is 6.34. The summed E-state index contributed by atoms with van der Waals surface area (Å²) in [6, 6.07) is 4.18. The van der Waals surface area contributed by atoms with Crippen LogP contribution in [0.15, 0.2) is 22.6 Å². The van der Waals surface area contributed by atoms with Gasteiger partial charge in [0.2, 0.25) is 12.6 Å². The lowest BCUT2D eigenvalue weighted by atomic mass is 10.1. The fourth-order valence-corrected chi connectivity index (χ4v) is 2.41. The Hall–Kier alpha value is -1.83. The zero-order valence-corrected chi connectivity index (χ0v) is 12.9. The number of para-hydroxylation sites is 1. The number of benzene rings is 1. The third kappa shape index (κ3) is 4.32. The van der Waals surface area contributed by atoms with Gasteiger partial charge in [0.15, 0.2) is 0 Å². The fourth-order valence-electron chi connectivity index (χ4n) is 1.58. The molecule has 0 heterocycles. The lowest BCUT2D eigenvalue weighted by Crippen LogP contribution is -2.10. The molecule has 0 fully saturated rings. The molecule has 0 aliphatic rings. The van der Waals surface area contributed by atoms with Crippen molar-refractivity contribution in [1.82, 2.24) is 0 Å². The molecular formula is C13H17FN2O4S. The summed E-state index contributed by atoms with van der Waals surface area (Å²) < 4.78 is 33.1. The van der Waals surface area contributed by atoms with E-state index in [1.807, 2.05) is 6.92 Å². The molecule has 0 bridgehead atoms. The van der Waals surface area contributed by atoms with E-state index in [0.29, 0.717) is 12.1 Å². The molecule has 1 aromatic carbocycles. The van der Waals surface area contributed by atoms with Crippen molar-refractivity contribution in [3.8, 4) is 5.75 Å². The van der Waals surface area contributed by atoms with E-state index in [2.05, 4.69) is 4.40 Å². The van der Waals surface area contributed by atoms with Gasteiger partial charge in [0.25, 0.3) is 0 Å². The smallest absolute Gasteiger partial charge is 0.311 e. The third-order valence-electron chi connectivity index (χ3n) is 2.93. The summed E-state index contributed by atoms with van der Waals surface area (Å²) in [5.74, 6) is -0.201. The Morgan fingerprint density at radius 2 is 2.24 bits per heavy atom. The van der Waals surface area contributed by atoms with Crippen molar-refractivity contribution < 1.29 is 18.3 Å². The Bertz CT molecular complexity index is 577. The molecule has 8 heteroatoms. The summed E-state index contributed by atoms with van der Waals surface area (Å²) in [5.41, 5.74) is 0.216. The average molecular weight is 316 g/mol. The first-order valence-corrected chi connectivity index (χ1v) is 7.51. The number of nitro benzene ring substituents is 1. The highest BCUT2D eigenvalue weighted by molar-refractivity contribution is 7.84.